The molecule has 0 aliphatic rings. The van der Waals surface area contributed by atoms with E-state index in [2.05, 4.69) is 15.8 Å². The van der Waals surface area contributed by atoms with E-state index in [1.54, 1.807) is 42.5 Å². The minimum absolute atomic E-state index is 0.0239. The Morgan fingerprint density at radius 1 is 1.14 bits per heavy atom. The lowest BCUT2D eigenvalue weighted by molar-refractivity contribution is -0.126. The van der Waals surface area contributed by atoms with Gasteiger partial charge in [-0.3, -0.25) is 9.59 Å². The van der Waals surface area contributed by atoms with Crippen LogP contribution in [0.5, 0.6) is 11.5 Å². The molecule has 0 aliphatic carbocycles. The van der Waals surface area contributed by atoms with Crippen molar-refractivity contribution in [1.29, 1.82) is 0 Å². The largest absolute Gasteiger partial charge is 0.494 e. The summed E-state index contributed by atoms with van der Waals surface area (Å²) in [5, 5.41) is 7.04. The average molecular weight is 418 g/mol. The van der Waals surface area contributed by atoms with Crippen molar-refractivity contribution in [3.05, 3.63) is 53.1 Å². The molecule has 0 saturated heterocycles. The van der Waals surface area contributed by atoms with Gasteiger partial charge in [0, 0.05) is 16.3 Å². The van der Waals surface area contributed by atoms with E-state index in [1.165, 1.54) is 6.21 Å². The number of carbonyl (C=O) groups excluding carboxylic acids is 2. The van der Waals surface area contributed by atoms with Crippen molar-refractivity contribution >= 4 is 35.3 Å². The number of halogens is 1. The molecule has 0 atom stereocenters. The molecule has 0 fully saturated rings. The molecule has 0 heterocycles. The molecule has 0 aromatic heterocycles. The van der Waals surface area contributed by atoms with Crippen LogP contribution in [0, 0.1) is 0 Å². The summed E-state index contributed by atoms with van der Waals surface area (Å²) >= 11 is 6.00. The van der Waals surface area contributed by atoms with Crippen molar-refractivity contribution in [1.82, 2.24) is 5.43 Å². The highest BCUT2D eigenvalue weighted by Crippen LogP contribution is 2.22. The number of benzene rings is 2. The monoisotopic (exact) mass is 417 g/mol. The van der Waals surface area contributed by atoms with Gasteiger partial charge in [-0.25, -0.2) is 5.43 Å². The van der Waals surface area contributed by atoms with Crippen LogP contribution in [-0.4, -0.2) is 30.7 Å². The van der Waals surface area contributed by atoms with Gasteiger partial charge in [-0.15, -0.1) is 0 Å². The average Bonchev–Trinajstić information content (AvgIpc) is 2.65. The van der Waals surface area contributed by atoms with Gasteiger partial charge >= 0.3 is 0 Å². The van der Waals surface area contributed by atoms with Gasteiger partial charge in [-0.05, 0) is 63.2 Å². The molecule has 8 heteroatoms. The predicted molar refractivity (Wildman–Crippen MR) is 114 cm³/mol. The van der Waals surface area contributed by atoms with E-state index in [0.29, 0.717) is 34.4 Å². The molecule has 7 nitrogen and oxygen atoms in total. The topological polar surface area (TPSA) is 89.0 Å². The minimum atomic E-state index is -0.543. The number of hydrogen-bond acceptors (Lipinski definition) is 5. The van der Waals surface area contributed by atoms with Crippen molar-refractivity contribution < 1.29 is 19.1 Å². The molecular formula is C21H24ClN3O4. The molecule has 2 rings (SSSR count). The zero-order chi connectivity index (χ0) is 21.2. The van der Waals surface area contributed by atoms with Crippen molar-refractivity contribution in [3.8, 4) is 11.5 Å². The molecule has 154 valence electrons. The predicted octanol–water partition coefficient (Wildman–Crippen LogP) is 4.00. The zero-order valence-corrected chi connectivity index (χ0v) is 17.3. The summed E-state index contributed by atoms with van der Waals surface area (Å²) in [6.45, 7) is 6.26. The molecule has 29 heavy (non-hydrogen) atoms. The normalized spacial score (nSPS) is 10.8. The van der Waals surface area contributed by atoms with Gasteiger partial charge in [0.2, 0.25) is 11.8 Å². The first kappa shape index (κ1) is 22.2. The second-order valence-electron chi connectivity index (χ2n) is 6.32. The van der Waals surface area contributed by atoms with E-state index < -0.39 is 11.8 Å². The molecule has 2 N–H and O–H groups in total. The Labute approximate surface area is 175 Å². The van der Waals surface area contributed by atoms with Crippen LogP contribution in [-0.2, 0) is 9.59 Å². The number of hydrazone groups is 1. The zero-order valence-electron chi connectivity index (χ0n) is 16.6. The molecular weight excluding hydrogens is 394 g/mol. The number of anilines is 1. The molecule has 0 radical (unpaired) electrons. The van der Waals surface area contributed by atoms with Crippen LogP contribution >= 0.6 is 11.6 Å². The van der Waals surface area contributed by atoms with Gasteiger partial charge in [0.15, 0.2) is 0 Å². The molecule has 0 unspecified atom stereocenters. The molecule has 0 aliphatic heterocycles. The Morgan fingerprint density at radius 2 is 1.86 bits per heavy atom. The molecule has 0 saturated carbocycles. The third kappa shape index (κ3) is 7.83. The summed E-state index contributed by atoms with van der Waals surface area (Å²) in [6.07, 6.45) is 1.03. The first-order valence-corrected chi connectivity index (χ1v) is 9.56. The Hall–Kier alpha value is -3.06. The fourth-order valence-electron chi connectivity index (χ4n) is 2.35. The van der Waals surface area contributed by atoms with Gasteiger partial charge in [0.05, 0.1) is 18.9 Å². The molecule has 0 bridgehead atoms. The highest BCUT2D eigenvalue weighted by Gasteiger charge is 2.10. The summed E-state index contributed by atoms with van der Waals surface area (Å²) in [4.78, 5) is 23.9. The summed E-state index contributed by atoms with van der Waals surface area (Å²) in [5.74, 6) is 0.307. The third-order valence-corrected chi connectivity index (χ3v) is 3.73. The van der Waals surface area contributed by atoms with Crippen LogP contribution in [0.1, 0.15) is 32.8 Å². The second-order valence-corrected chi connectivity index (χ2v) is 6.76. The summed E-state index contributed by atoms with van der Waals surface area (Å²) in [7, 11) is 0. The van der Waals surface area contributed by atoms with E-state index in [0.717, 1.165) is 0 Å². The Morgan fingerprint density at radius 3 is 2.52 bits per heavy atom. The quantitative estimate of drug-likeness (QED) is 0.366. The van der Waals surface area contributed by atoms with Crippen molar-refractivity contribution in [2.45, 2.75) is 33.3 Å². The van der Waals surface area contributed by atoms with Crippen molar-refractivity contribution in [2.24, 2.45) is 5.10 Å². The van der Waals surface area contributed by atoms with E-state index >= 15 is 0 Å². The van der Waals surface area contributed by atoms with E-state index in [-0.39, 0.29) is 12.5 Å². The fraction of sp³-hybridized carbons (Fsp3) is 0.286. The Kier molecular flexibility index (Phi) is 8.48. The van der Waals surface area contributed by atoms with Gasteiger partial charge in [-0.2, -0.15) is 5.10 Å². The second kappa shape index (κ2) is 11.1. The number of nitrogens with zero attached hydrogens (tertiary/aromatic N) is 1. The lowest BCUT2D eigenvalue weighted by atomic mass is 10.2. The maximum absolute atomic E-state index is 12.0. The maximum atomic E-state index is 12.0. The SMILES string of the molecule is CCOc1ccc(NC(=O)CC(=O)NN=Cc2cc(Cl)ccc2OC(C)C)cc1. The summed E-state index contributed by atoms with van der Waals surface area (Å²) in [6, 6.07) is 12.0. The van der Waals surface area contributed by atoms with Gasteiger partial charge in [0.1, 0.15) is 17.9 Å². The van der Waals surface area contributed by atoms with Crippen molar-refractivity contribution in [2.75, 3.05) is 11.9 Å². The third-order valence-electron chi connectivity index (χ3n) is 3.50. The first-order valence-electron chi connectivity index (χ1n) is 9.18. The van der Waals surface area contributed by atoms with Gasteiger partial charge in [0.25, 0.3) is 0 Å². The molecule has 0 spiro atoms. The molecule has 2 aromatic carbocycles. The molecule has 2 amide bonds. The van der Waals surface area contributed by atoms with E-state index in [9.17, 15) is 9.59 Å². The number of carbonyl (C=O) groups is 2. The summed E-state index contributed by atoms with van der Waals surface area (Å²) in [5.41, 5.74) is 3.51. The van der Waals surface area contributed by atoms with Crippen molar-refractivity contribution in [3.63, 3.8) is 0 Å². The minimum Gasteiger partial charge on any atom is -0.494 e. The van der Waals surface area contributed by atoms with Gasteiger partial charge < -0.3 is 14.8 Å². The van der Waals surface area contributed by atoms with Crippen LogP contribution in [0.3, 0.4) is 0 Å². The number of ether oxygens (including phenoxy) is 2. The Balaban J connectivity index is 1.87. The summed E-state index contributed by atoms with van der Waals surface area (Å²) < 4.78 is 11.0. The lowest BCUT2D eigenvalue weighted by Gasteiger charge is -2.12. The number of amides is 2. The smallest absolute Gasteiger partial charge is 0.249 e. The van der Waals surface area contributed by atoms with Crippen LogP contribution in [0.25, 0.3) is 0 Å². The van der Waals surface area contributed by atoms with Crippen LogP contribution in [0.15, 0.2) is 47.6 Å². The fourth-order valence-corrected chi connectivity index (χ4v) is 2.53. The number of rotatable bonds is 9. The highest BCUT2D eigenvalue weighted by molar-refractivity contribution is 6.30. The number of hydrogen-bond donors (Lipinski definition) is 2. The van der Waals surface area contributed by atoms with Crippen LogP contribution in [0.4, 0.5) is 5.69 Å². The standard InChI is InChI=1S/C21H24ClN3O4/c1-4-28-18-8-6-17(7-9-18)24-20(26)12-21(27)25-23-13-15-11-16(22)5-10-19(15)29-14(2)3/h5-11,13-14H,4,12H2,1-3H3,(H,24,26)(H,25,27). The number of nitrogens with one attached hydrogen (secondary N) is 2. The highest BCUT2D eigenvalue weighted by atomic mass is 35.5. The lowest BCUT2D eigenvalue weighted by Crippen LogP contribution is -2.24. The van der Waals surface area contributed by atoms with Crippen LogP contribution < -0.4 is 20.2 Å². The molecule has 2 aromatic rings. The van der Waals surface area contributed by atoms with E-state index in [1.807, 2.05) is 20.8 Å². The Bertz CT molecular complexity index is 867. The van der Waals surface area contributed by atoms with Crippen LogP contribution in [0.2, 0.25) is 5.02 Å². The maximum Gasteiger partial charge on any atom is 0.249 e. The van der Waals surface area contributed by atoms with E-state index in [4.69, 9.17) is 21.1 Å². The van der Waals surface area contributed by atoms with Gasteiger partial charge in [-0.1, -0.05) is 11.6 Å². The first-order chi connectivity index (χ1) is 13.9.